The van der Waals surface area contributed by atoms with Gasteiger partial charge in [-0.15, -0.1) is 5.10 Å². The minimum absolute atomic E-state index is 0.126. The van der Waals surface area contributed by atoms with Crippen molar-refractivity contribution in [1.29, 1.82) is 0 Å². The SMILES string of the molecule is CC(=O)O[C@H](C)[C@H](NC(=O)CN1CC2(CCCN2C(=O)c2nnn(Cc3ccc(F)cc3)c2C)C1=O)C(N)O. The van der Waals surface area contributed by atoms with Gasteiger partial charge in [0.2, 0.25) is 5.91 Å². The lowest BCUT2D eigenvalue weighted by atomic mass is 9.85. The van der Waals surface area contributed by atoms with Crippen LogP contribution in [0.4, 0.5) is 4.39 Å². The molecule has 4 rings (SSSR count). The molecule has 0 saturated carbocycles. The van der Waals surface area contributed by atoms with Crippen LogP contribution in [-0.2, 0) is 25.7 Å². The molecule has 4 atom stereocenters. The van der Waals surface area contributed by atoms with Crippen LogP contribution in [0.5, 0.6) is 0 Å². The largest absolute Gasteiger partial charge is 0.461 e. The summed E-state index contributed by atoms with van der Waals surface area (Å²) in [4.78, 5) is 53.4. The molecular weight excluding hydrogens is 513 g/mol. The van der Waals surface area contributed by atoms with Crippen molar-refractivity contribution in [2.75, 3.05) is 19.6 Å². The van der Waals surface area contributed by atoms with E-state index in [-0.39, 0.29) is 30.5 Å². The molecule has 1 aromatic heterocycles. The number of ether oxygens (including phenoxy) is 1. The summed E-state index contributed by atoms with van der Waals surface area (Å²) in [7, 11) is 0. The number of nitrogens with one attached hydrogen (secondary N) is 1. The number of aromatic nitrogens is 3. The number of carbonyl (C=O) groups excluding carboxylic acids is 4. The lowest BCUT2D eigenvalue weighted by Gasteiger charge is -2.50. The molecule has 3 amide bonds. The molecular formula is C25H32FN7O6. The fraction of sp³-hybridized carbons (Fsp3) is 0.520. The average molecular weight is 546 g/mol. The summed E-state index contributed by atoms with van der Waals surface area (Å²) in [6.45, 7) is 4.88. The molecule has 2 aliphatic rings. The van der Waals surface area contributed by atoms with Crippen molar-refractivity contribution in [3.8, 4) is 0 Å². The summed E-state index contributed by atoms with van der Waals surface area (Å²) in [5.41, 5.74) is 5.89. The monoisotopic (exact) mass is 545 g/mol. The Labute approximate surface area is 224 Å². The smallest absolute Gasteiger partial charge is 0.302 e. The number of nitrogens with zero attached hydrogens (tertiary/aromatic N) is 5. The van der Waals surface area contributed by atoms with E-state index in [1.807, 2.05) is 0 Å². The number of hydrogen-bond donors (Lipinski definition) is 3. The van der Waals surface area contributed by atoms with E-state index in [0.717, 1.165) is 5.56 Å². The molecule has 2 unspecified atom stereocenters. The van der Waals surface area contributed by atoms with Gasteiger partial charge in [-0.25, -0.2) is 9.07 Å². The number of rotatable bonds is 9. The molecule has 0 radical (unpaired) electrons. The van der Waals surface area contributed by atoms with Gasteiger partial charge in [0.25, 0.3) is 11.8 Å². The first-order valence-electron chi connectivity index (χ1n) is 12.6. The molecule has 1 spiro atoms. The second kappa shape index (κ2) is 11.1. The van der Waals surface area contributed by atoms with E-state index in [9.17, 15) is 28.7 Å². The number of aliphatic hydroxyl groups excluding tert-OH is 1. The molecule has 2 saturated heterocycles. The molecule has 2 aromatic rings. The highest BCUT2D eigenvalue weighted by Crippen LogP contribution is 2.39. The Morgan fingerprint density at radius 1 is 1.28 bits per heavy atom. The van der Waals surface area contributed by atoms with E-state index in [1.54, 1.807) is 23.7 Å². The van der Waals surface area contributed by atoms with Gasteiger partial charge >= 0.3 is 5.97 Å². The quantitative estimate of drug-likeness (QED) is 0.209. The van der Waals surface area contributed by atoms with Crippen molar-refractivity contribution >= 4 is 23.7 Å². The molecule has 14 heteroatoms. The van der Waals surface area contributed by atoms with E-state index >= 15 is 0 Å². The summed E-state index contributed by atoms with van der Waals surface area (Å²) in [5.74, 6) is -2.33. The van der Waals surface area contributed by atoms with Gasteiger partial charge in [0.05, 0.1) is 25.3 Å². The summed E-state index contributed by atoms with van der Waals surface area (Å²) in [5, 5.41) is 20.5. The fourth-order valence-corrected chi connectivity index (χ4v) is 5.17. The number of amides is 3. The topological polar surface area (TPSA) is 173 Å². The first-order chi connectivity index (χ1) is 18.4. The normalized spacial score (nSPS) is 20.9. The Bertz CT molecular complexity index is 1270. The molecule has 2 aliphatic heterocycles. The molecule has 3 heterocycles. The van der Waals surface area contributed by atoms with Crippen LogP contribution < -0.4 is 11.1 Å². The Hall–Kier alpha value is -3.91. The maximum absolute atomic E-state index is 13.5. The van der Waals surface area contributed by atoms with Crippen molar-refractivity contribution in [1.82, 2.24) is 30.1 Å². The van der Waals surface area contributed by atoms with Gasteiger partial charge in [0, 0.05) is 13.5 Å². The first-order valence-corrected chi connectivity index (χ1v) is 12.6. The van der Waals surface area contributed by atoms with Gasteiger partial charge in [-0.2, -0.15) is 0 Å². The van der Waals surface area contributed by atoms with Crippen LogP contribution >= 0.6 is 0 Å². The highest BCUT2D eigenvalue weighted by atomic mass is 19.1. The number of hydrogen-bond acceptors (Lipinski definition) is 9. The highest BCUT2D eigenvalue weighted by Gasteiger charge is 2.60. The lowest BCUT2D eigenvalue weighted by Crippen LogP contribution is -2.74. The van der Waals surface area contributed by atoms with Crippen LogP contribution in [-0.4, -0.2) is 97.1 Å². The van der Waals surface area contributed by atoms with Crippen LogP contribution in [0.25, 0.3) is 0 Å². The third-order valence-electron chi connectivity index (χ3n) is 7.19. The number of halogens is 1. The van der Waals surface area contributed by atoms with Gasteiger partial charge < -0.3 is 30.7 Å². The summed E-state index contributed by atoms with van der Waals surface area (Å²) < 4.78 is 19.8. The Morgan fingerprint density at radius 3 is 2.59 bits per heavy atom. The molecule has 13 nitrogen and oxygen atoms in total. The Balaban J connectivity index is 1.40. The predicted molar refractivity (Wildman–Crippen MR) is 133 cm³/mol. The van der Waals surface area contributed by atoms with Crippen LogP contribution in [0.1, 0.15) is 48.4 Å². The molecule has 1 aromatic carbocycles. The lowest BCUT2D eigenvalue weighted by molar-refractivity contribution is -0.161. The zero-order chi connectivity index (χ0) is 28.5. The second-order valence-corrected chi connectivity index (χ2v) is 9.96. The molecule has 2 fully saturated rings. The first kappa shape index (κ1) is 28.1. The zero-order valence-corrected chi connectivity index (χ0v) is 22.0. The van der Waals surface area contributed by atoms with E-state index in [1.165, 1.54) is 35.8 Å². The van der Waals surface area contributed by atoms with E-state index in [4.69, 9.17) is 10.5 Å². The number of carbonyl (C=O) groups is 4. The summed E-state index contributed by atoms with van der Waals surface area (Å²) in [6, 6.07) is 4.86. The summed E-state index contributed by atoms with van der Waals surface area (Å²) in [6.07, 6.45) is -1.33. The van der Waals surface area contributed by atoms with Gasteiger partial charge in [-0.05, 0) is 44.4 Å². The van der Waals surface area contributed by atoms with E-state index in [2.05, 4.69) is 15.6 Å². The van der Waals surface area contributed by atoms with Gasteiger partial charge in [-0.1, -0.05) is 17.3 Å². The molecule has 210 valence electrons. The molecule has 39 heavy (non-hydrogen) atoms. The standard InChI is InChI=1S/C25H32FN7O6/c1-14-20(29-30-33(14)11-17-5-7-18(26)8-6-17)23(37)32-10-4-9-25(32)13-31(24(25)38)12-19(35)28-21(22(27)36)15(2)39-16(3)34/h5-8,15,21-22,36H,4,9-13,27H2,1-3H3,(H,28,35)/t15-,21+,22?,25?/m1/s1. The minimum atomic E-state index is -1.50. The maximum atomic E-state index is 13.5. The van der Waals surface area contributed by atoms with Crippen molar-refractivity contribution in [3.63, 3.8) is 0 Å². The molecule has 0 aliphatic carbocycles. The van der Waals surface area contributed by atoms with Crippen LogP contribution in [0.15, 0.2) is 24.3 Å². The van der Waals surface area contributed by atoms with Crippen LogP contribution in [0.3, 0.4) is 0 Å². The molecule has 4 N–H and O–H groups in total. The zero-order valence-electron chi connectivity index (χ0n) is 22.0. The number of likely N-dealkylation sites (tertiary alicyclic amines) is 2. The third-order valence-corrected chi connectivity index (χ3v) is 7.19. The van der Waals surface area contributed by atoms with Crippen LogP contribution in [0.2, 0.25) is 0 Å². The fourth-order valence-electron chi connectivity index (χ4n) is 5.17. The van der Waals surface area contributed by atoms with Crippen LogP contribution in [0, 0.1) is 12.7 Å². The number of benzene rings is 1. The van der Waals surface area contributed by atoms with Gasteiger partial charge in [0.1, 0.15) is 29.7 Å². The molecule has 0 bridgehead atoms. The van der Waals surface area contributed by atoms with Gasteiger partial charge in [0.15, 0.2) is 5.69 Å². The average Bonchev–Trinajstić information content (AvgIpc) is 3.48. The van der Waals surface area contributed by atoms with E-state index in [0.29, 0.717) is 31.6 Å². The Morgan fingerprint density at radius 2 is 1.97 bits per heavy atom. The predicted octanol–water partition coefficient (Wildman–Crippen LogP) is -0.696. The number of aliphatic hydroxyl groups is 1. The third kappa shape index (κ3) is 5.61. The van der Waals surface area contributed by atoms with Crippen molar-refractivity contribution < 1.29 is 33.4 Å². The van der Waals surface area contributed by atoms with E-state index < -0.39 is 41.7 Å². The number of β-lactam (4-membered cyclic amide) rings is 1. The van der Waals surface area contributed by atoms with Crippen molar-refractivity contribution in [2.24, 2.45) is 5.73 Å². The van der Waals surface area contributed by atoms with Crippen molar-refractivity contribution in [2.45, 2.75) is 64.1 Å². The number of nitrogens with two attached hydrogens (primary N) is 1. The van der Waals surface area contributed by atoms with Crippen molar-refractivity contribution in [3.05, 3.63) is 47.0 Å². The minimum Gasteiger partial charge on any atom is -0.461 e. The van der Waals surface area contributed by atoms with Gasteiger partial charge in [-0.3, -0.25) is 19.2 Å². The summed E-state index contributed by atoms with van der Waals surface area (Å²) >= 11 is 0. The Kier molecular flexibility index (Phi) is 7.97. The maximum Gasteiger partial charge on any atom is 0.302 e. The second-order valence-electron chi connectivity index (χ2n) is 9.96. The number of esters is 1. The highest BCUT2D eigenvalue weighted by molar-refractivity contribution is 6.03.